The number of ether oxygens (including phenoxy) is 1. The number of hydrogen-bond donors (Lipinski definition) is 2. The van der Waals surface area contributed by atoms with Gasteiger partial charge in [-0.15, -0.1) is 0 Å². The molecule has 1 aliphatic rings. The van der Waals surface area contributed by atoms with E-state index in [1.54, 1.807) is 4.90 Å². The summed E-state index contributed by atoms with van der Waals surface area (Å²) < 4.78 is 30.7. The van der Waals surface area contributed by atoms with Gasteiger partial charge in [0.2, 0.25) is 10.0 Å². The van der Waals surface area contributed by atoms with Crippen LogP contribution in [0.1, 0.15) is 12.8 Å². The number of carbonyl (C=O) groups is 1. The van der Waals surface area contributed by atoms with Crippen LogP contribution in [0.4, 0.5) is 0 Å². The largest absolute Gasteiger partial charge is 0.504 e. The highest BCUT2D eigenvalue weighted by Crippen LogP contribution is 2.35. The van der Waals surface area contributed by atoms with Gasteiger partial charge in [-0.3, -0.25) is 4.79 Å². The Bertz CT molecular complexity index is 761. The van der Waals surface area contributed by atoms with Crippen LogP contribution in [-0.2, 0) is 14.8 Å². The lowest BCUT2D eigenvalue weighted by Gasteiger charge is -2.32. The smallest absolute Gasteiger partial charge is 0.260 e. The molecule has 2 N–H and O–H groups in total. The van der Waals surface area contributed by atoms with Crippen LogP contribution in [0.5, 0.6) is 11.5 Å². The number of carbonyl (C=O) groups excluding carboxylic acids is 1. The summed E-state index contributed by atoms with van der Waals surface area (Å²) in [6.07, 6.45) is 0.994. The second-order valence-corrected chi connectivity index (χ2v) is 7.98. The molecule has 1 fully saturated rings. The van der Waals surface area contributed by atoms with Crippen LogP contribution < -0.4 is 9.46 Å². The number of amides is 1. The summed E-state index contributed by atoms with van der Waals surface area (Å²) in [6.45, 7) is 3.78. The van der Waals surface area contributed by atoms with E-state index in [-0.39, 0.29) is 40.1 Å². The Labute approximate surface area is 156 Å². The number of piperidine rings is 1. The van der Waals surface area contributed by atoms with Crippen molar-refractivity contribution in [3.05, 3.63) is 34.2 Å². The molecule has 0 spiro atoms. The number of benzene rings is 1. The van der Waals surface area contributed by atoms with E-state index in [2.05, 4.69) is 11.3 Å². The van der Waals surface area contributed by atoms with Gasteiger partial charge in [0.25, 0.3) is 5.91 Å². The lowest BCUT2D eigenvalue weighted by Crippen LogP contribution is -2.47. The Morgan fingerprint density at radius 2 is 1.96 bits per heavy atom. The number of likely N-dealkylation sites (tertiary alicyclic amines) is 1. The van der Waals surface area contributed by atoms with Crippen LogP contribution >= 0.6 is 23.2 Å². The zero-order chi connectivity index (χ0) is 18.6. The van der Waals surface area contributed by atoms with Gasteiger partial charge >= 0.3 is 0 Å². The molecular weight excluding hydrogens is 391 g/mol. The SMILES string of the molecule is C=CS(=O)(=O)NC1CCN(C(=O)COc2cc(Cl)c(Cl)cc2O)CC1. The average molecular weight is 409 g/mol. The molecule has 1 heterocycles. The second-order valence-electron chi connectivity index (χ2n) is 5.51. The maximum absolute atomic E-state index is 12.2. The van der Waals surface area contributed by atoms with Crippen LogP contribution in [-0.4, -0.2) is 50.1 Å². The van der Waals surface area contributed by atoms with Crippen molar-refractivity contribution in [1.82, 2.24) is 9.62 Å². The first-order valence-electron chi connectivity index (χ1n) is 7.45. The van der Waals surface area contributed by atoms with Gasteiger partial charge in [0.1, 0.15) is 0 Å². The highest BCUT2D eigenvalue weighted by molar-refractivity contribution is 7.92. The number of phenolic OH excluding ortho intramolecular Hbond substituents is 1. The van der Waals surface area contributed by atoms with Gasteiger partial charge in [-0.1, -0.05) is 29.8 Å². The molecule has 1 aromatic carbocycles. The molecule has 138 valence electrons. The molecule has 0 saturated carbocycles. The minimum absolute atomic E-state index is 0.0661. The standard InChI is InChI=1S/C15H18Cl2N2O5S/c1-2-25(22,23)18-10-3-5-19(6-4-10)15(21)9-24-14-8-12(17)11(16)7-13(14)20/h2,7-8,10,18,20H,1,3-6,9H2. The van der Waals surface area contributed by atoms with Gasteiger partial charge < -0.3 is 14.7 Å². The Kier molecular flexibility index (Phi) is 6.56. The van der Waals surface area contributed by atoms with E-state index in [4.69, 9.17) is 27.9 Å². The molecule has 0 bridgehead atoms. The van der Waals surface area contributed by atoms with Gasteiger partial charge in [0, 0.05) is 36.7 Å². The first kappa shape index (κ1) is 19.8. The quantitative estimate of drug-likeness (QED) is 0.751. The van der Waals surface area contributed by atoms with E-state index in [9.17, 15) is 18.3 Å². The second kappa shape index (κ2) is 8.27. The van der Waals surface area contributed by atoms with Crippen molar-refractivity contribution in [2.24, 2.45) is 0 Å². The molecule has 0 aliphatic carbocycles. The summed E-state index contributed by atoms with van der Waals surface area (Å²) in [7, 11) is -3.48. The summed E-state index contributed by atoms with van der Waals surface area (Å²) in [5, 5.41) is 11.0. The molecule has 1 saturated heterocycles. The van der Waals surface area contributed by atoms with Crippen LogP contribution in [0.25, 0.3) is 0 Å². The van der Waals surface area contributed by atoms with Crippen LogP contribution in [0.2, 0.25) is 10.0 Å². The lowest BCUT2D eigenvalue weighted by atomic mass is 10.1. The molecular formula is C15H18Cl2N2O5S. The van der Waals surface area contributed by atoms with Crippen molar-refractivity contribution in [3.63, 3.8) is 0 Å². The van der Waals surface area contributed by atoms with Crippen molar-refractivity contribution in [1.29, 1.82) is 0 Å². The minimum atomic E-state index is -3.48. The summed E-state index contributed by atoms with van der Waals surface area (Å²) in [4.78, 5) is 13.8. The van der Waals surface area contributed by atoms with Crippen molar-refractivity contribution in [3.8, 4) is 11.5 Å². The lowest BCUT2D eigenvalue weighted by molar-refractivity contribution is -0.134. The van der Waals surface area contributed by atoms with Crippen LogP contribution in [0.3, 0.4) is 0 Å². The third-order valence-corrected chi connectivity index (χ3v) is 5.57. The van der Waals surface area contributed by atoms with Gasteiger partial charge in [0.05, 0.1) is 10.0 Å². The molecule has 25 heavy (non-hydrogen) atoms. The predicted octanol–water partition coefficient (Wildman–Crippen LogP) is 2.13. The maximum atomic E-state index is 12.2. The molecule has 7 nitrogen and oxygen atoms in total. The predicted molar refractivity (Wildman–Crippen MR) is 95.5 cm³/mol. The molecule has 10 heteroatoms. The minimum Gasteiger partial charge on any atom is -0.504 e. The van der Waals surface area contributed by atoms with Gasteiger partial charge in [-0.25, -0.2) is 13.1 Å². The van der Waals surface area contributed by atoms with Crippen molar-refractivity contribution in [2.75, 3.05) is 19.7 Å². The van der Waals surface area contributed by atoms with Crippen LogP contribution in [0, 0.1) is 0 Å². The fourth-order valence-corrected chi connectivity index (χ4v) is 3.50. The topological polar surface area (TPSA) is 95.9 Å². The van der Waals surface area contributed by atoms with Gasteiger partial charge in [-0.05, 0) is 12.8 Å². The fourth-order valence-electron chi connectivity index (χ4n) is 2.39. The highest BCUT2D eigenvalue weighted by Gasteiger charge is 2.25. The highest BCUT2D eigenvalue weighted by atomic mass is 35.5. The summed E-state index contributed by atoms with van der Waals surface area (Å²) in [5.74, 6) is -0.411. The van der Waals surface area contributed by atoms with Crippen LogP contribution in [0.15, 0.2) is 24.1 Å². The van der Waals surface area contributed by atoms with Crippen molar-refractivity contribution in [2.45, 2.75) is 18.9 Å². The molecule has 1 aromatic rings. The van der Waals surface area contributed by atoms with Crippen molar-refractivity contribution >= 4 is 39.1 Å². The third-order valence-electron chi connectivity index (χ3n) is 3.75. The maximum Gasteiger partial charge on any atom is 0.260 e. The van der Waals surface area contributed by atoms with E-state index in [0.29, 0.717) is 25.9 Å². The zero-order valence-corrected chi connectivity index (χ0v) is 15.6. The number of sulfonamides is 1. The van der Waals surface area contributed by atoms with E-state index >= 15 is 0 Å². The molecule has 1 aliphatic heterocycles. The van der Waals surface area contributed by atoms with Crippen molar-refractivity contribution < 1.29 is 23.1 Å². The first-order chi connectivity index (χ1) is 11.7. The Morgan fingerprint density at radius 1 is 1.36 bits per heavy atom. The van der Waals surface area contributed by atoms with E-state index in [0.717, 1.165) is 5.41 Å². The first-order valence-corrected chi connectivity index (χ1v) is 9.75. The summed E-state index contributed by atoms with van der Waals surface area (Å²) >= 11 is 11.6. The van der Waals surface area contributed by atoms with E-state index in [1.807, 2.05) is 0 Å². The Hall–Kier alpha value is -1.48. The number of aromatic hydroxyl groups is 1. The Morgan fingerprint density at radius 3 is 2.56 bits per heavy atom. The Balaban J connectivity index is 1.85. The third kappa shape index (κ3) is 5.50. The summed E-state index contributed by atoms with van der Waals surface area (Å²) in [6, 6.07) is 2.34. The van der Waals surface area contributed by atoms with E-state index in [1.165, 1.54) is 12.1 Å². The molecule has 0 radical (unpaired) electrons. The number of phenols is 1. The van der Waals surface area contributed by atoms with Gasteiger partial charge in [-0.2, -0.15) is 0 Å². The van der Waals surface area contributed by atoms with Gasteiger partial charge in [0.15, 0.2) is 18.1 Å². The number of nitrogens with zero attached hydrogens (tertiary/aromatic N) is 1. The number of hydrogen-bond acceptors (Lipinski definition) is 5. The average Bonchev–Trinajstić information content (AvgIpc) is 2.57. The molecule has 0 unspecified atom stereocenters. The molecule has 2 rings (SSSR count). The summed E-state index contributed by atoms with van der Waals surface area (Å²) in [5.41, 5.74) is 0. The fraction of sp³-hybridized carbons (Fsp3) is 0.400. The molecule has 0 aromatic heterocycles. The normalized spacial score (nSPS) is 15.8. The monoisotopic (exact) mass is 408 g/mol. The number of nitrogens with one attached hydrogen (secondary N) is 1. The number of halogens is 2. The number of rotatable bonds is 6. The zero-order valence-electron chi connectivity index (χ0n) is 13.2. The van der Waals surface area contributed by atoms with E-state index < -0.39 is 10.0 Å². The molecule has 0 atom stereocenters. The molecule has 1 amide bonds.